The van der Waals surface area contributed by atoms with Crippen LogP contribution in [0.1, 0.15) is 21.5 Å². The molecule has 1 amide bonds. The Morgan fingerprint density at radius 1 is 1.00 bits per heavy atom. The molecule has 2 heterocycles. The minimum atomic E-state index is -1.01. The topological polar surface area (TPSA) is 76.1 Å². The van der Waals surface area contributed by atoms with Crippen LogP contribution in [0, 0.1) is 0 Å². The SMILES string of the molecule is O=C(O)[C@@H]1Cc2ccccc2CN1C(=O)c1cccc2c1OCCO2. The van der Waals surface area contributed by atoms with Gasteiger partial charge in [-0.3, -0.25) is 4.79 Å². The molecule has 6 nitrogen and oxygen atoms in total. The smallest absolute Gasteiger partial charge is 0.326 e. The summed E-state index contributed by atoms with van der Waals surface area (Å²) in [6.07, 6.45) is 0.295. The van der Waals surface area contributed by atoms with Gasteiger partial charge in [0.25, 0.3) is 5.91 Å². The molecule has 2 aliphatic rings. The van der Waals surface area contributed by atoms with E-state index >= 15 is 0 Å². The average Bonchev–Trinajstić information content (AvgIpc) is 2.66. The number of carbonyl (C=O) groups excluding carboxylic acids is 1. The van der Waals surface area contributed by atoms with Crippen molar-refractivity contribution in [1.82, 2.24) is 4.90 Å². The van der Waals surface area contributed by atoms with Crippen molar-refractivity contribution in [3.05, 3.63) is 59.2 Å². The molecule has 4 rings (SSSR count). The lowest BCUT2D eigenvalue weighted by Gasteiger charge is -2.35. The molecule has 2 aromatic carbocycles. The number of carboxylic acids is 1. The van der Waals surface area contributed by atoms with Crippen molar-refractivity contribution >= 4 is 11.9 Å². The van der Waals surface area contributed by atoms with E-state index in [0.29, 0.717) is 36.7 Å². The number of fused-ring (bicyclic) bond motifs is 2. The summed E-state index contributed by atoms with van der Waals surface area (Å²) in [5, 5.41) is 9.62. The molecule has 1 atom stereocenters. The lowest BCUT2D eigenvalue weighted by molar-refractivity contribution is -0.142. The third kappa shape index (κ3) is 2.69. The Bertz CT molecular complexity index is 847. The number of aliphatic carboxylic acids is 1. The van der Waals surface area contributed by atoms with Crippen LogP contribution >= 0.6 is 0 Å². The normalized spacial score (nSPS) is 18.4. The molecule has 0 saturated heterocycles. The molecule has 25 heavy (non-hydrogen) atoms. The maximum absolute atomic E-state index is 13.1. The number of benzene rings is 2. The van der Waals surface area contributed by atoms with Gasteiger partial charge in [-0.05, 0) is 23.3 Å². The van der Waals surface area contributed by atoms with Gasteiger partial charge in [0.05, 0.1) is 5.56 Å². The van der Waals surface area contributed by atoms with E-state index in [1.54, 1.807) is 18.2 Å². The maximum atomic E-state index is 13.1. The Hall–Kier alpha value is -3.02. The number of rotatable bonds is 2. The molecule has 0 fully saturated rings. The molecule has 0 radical (unpaired) electrons. The molecule has 0 aliphatic carbocycles. The first-order valence-corrected chi connectivity index (χ1v) is 8.14. The highest BCUT2D eigenvalue weighted by molar-refractivity contribution is 6.00. The summed E-state index contributed by atoms with van der Waals surface area (Å²) in [6, 6.07) is 11.8. The summed E-state index contributed by atoms with van der Waals surface area (Å²) in [4.78, 5) is 26.3. The Balaban J connectivity index is 1.73. The summed E-state index contributed by atoms with van der Waals surface area (Å²) >= 11 is 0. The van der Waals surface area contributed by atoms with Crippen LogP contribution < -0.4 is 9.47 Å². The zero-order valence-electron chi connectivity index (χ0n) is 13.5. The van der Waals surface area contributed by atoms with Crippen molar-refractivity contribution in [3.8, 4) is 11.5 Å². The van der Waals surface area contributed by atoms with Crippen LogP contribution in [0.15, 0.2) is 42.5 Å². The summed E-state index contributed by atoms with van der Waals surface area (Å²) in [6.45, 7) is 1.05. The number of carbonyl (C=O) groups is 2. The minimum absolute atomic E-state index is 0.260. The molecular weight excluding hydrogens is 322 g/mol. The standard InChI is InChI=1S/C19H17NO5/c21-18(14-6-3-7-16-17(14)25-9-8-24-16)20-11-13-5-2-1-4-12(13)10-15(20)19(22)23/h1-7,15H,8-11H2,(H,22,23)/t15-/m0/s1. The molecular formula is C19H17NO5. The van der Waals surface area contributed by atoms with E-state index in [1.165, 1.54) is 4.90 Å². The molecule has 0 bridgehead atoms. The fraction of sp³-hybridized carbons (Fsp3) is 0.263. The first kappa shape index (κ1) is 15.5. The van der Waals surface area contributed by atoms with Crippen LogP contribution in [0.5, 0.6) is 11.5 Å². The van der Waals surface area contributed by atoms with Gasteiger partial charge in [0.2, 0.25) is 0 Å². The Labute approximate surface area is 144 Å². The van der Waals surface area contributed by atoms with Gasteiger partial charge in [0, 0.05) is 13.0 Å². The van der Waals surface area contributed by atoms with Crippen molar-refractivity contribution in [1.29, 1.82) is 0 Å². The molecule has 0 saturated carbocycles. The predicted octanol–water partition coefficient (Wildman–Crippen LogP) is 2.11. The lowest BCUT2D eigenvalue weighted by Crippen LogP contribution is -2.48. The summed E-state index contributed by atoms with van der Waals surface area (Å²) in [5.41, 5.74) is 2.27. The Morgan fingerprint density at radius 2 is 1.76 bits per heavy atom. The number of para-hydroxylation sites is 1. The van der Waals surface area contributed by atoms with Crippen LogP contribution in [0.2, 0.25) is 0 Å². The van der Waals surface area contributed by atoms with Gasteiger partial charge in [0.15, 0.2) is 11.5 Å². The highest BCUT2D eigenvalue weighted by Gasteiger charge is 2.36. The second kappa shape index (κ2) is 6.12. The van der Waals surface area contributed by atoms with Crippen LogP contribution in [-0.2, 0) is 17.8 Å². The van der Waals surface area contributed by atoms with Gasteiger partial charge < -0.3 is 19.5 Å². The largest absolute Gasteiger partial charge is 0.486 e. The van der Waals surface area contributed by atoms with Gasteiger partial charge in [0.1, 0.15) is 19.3 Å². The van der Waals surface area contributed by atoms with Gasteiger partial charge in [-0.2, -0.15) is 0 Å². The predicted molar refractivity (Wildman–Crippen MR) is 88.9 cm³/mol. The maximum Gasteiger partial charge on any atom is 0.326 e. The van der Waals surface area contributed by atoms with Gasteiger partial charge >= 0.3 is 5.97 Å². The second-order valence-electron chi connectivity index (χ2n) is 6.09. The summed E-state index contributed by atoms with van der Waals surface area (Å²) in [5.74, 6) is -0.461. The number of hydrogen-bond acceptors (Lipinski definition) is 4. The molecule has 0 unspecified atom stereocenters. The zero-order chi connectivity index (χ0) is 17.4. The molecule has 128 valence electrons. The van der Waals surface area contributed by atoms with Crippen molar-refractivity contribution in [2.75, 3.05) is 13.2 Å². The molecule has 1 N–H and O–H groups in total. The van der Waals surface area contributed by atoms with Crippen molar-refractivity contribution < 1.29 is 24.2 Å². The van der Waals surface area contributed by atoms with E-state index in [1.807, 2.05) is 24.3 Å². The Kier molecular flexibility index (Phi) is 3.80. The van der Waals surface area contributed by atoms with E-state index in [9.17, 15) is 14.7 Å². The van der Waals surface area contributed by atoms with Crippen molar-refractivity contribution in [2.45, 2.75) is 19.0 Å². The summed E-state index contributed by atoms with van der Waals surface area (Å²) < 4.78 is 11.1. The monoisotopic (exact) mass is 339 g/mol. The fourth-order valence-corrected chi connectivity index (χ4v) is 3.35. The molecule has 0 spiro atoms. The van der Waals surface area contributed by atoms with Crippen LogP contribution in [0.4, 0.5) is 0 Å². The van der Waals surface area contributed by atoms with Crippen LogP contribution in [0.3, 0.4) is 0 Å². The van der Waals surface area contributed by atoms with E-state index in [4.69, 9.17) is 9.47 Å². The highest BCUT2D eigenvalue weighted by atomic mass is 16.6. The lowest BCUT2D eigenvalue weighted by atomic mass is 9.93. The van der Waals surface area contributed by atoms with Gasteiger partial charge in [-0.1, -0.05) is 30.3 Å². The van der Waals surface area contributed by atoms with Gasteiger partial charge in [-0.25, -0.2) is 4.79 Å². The fourth-order valence-electron chi connectivity index (χ4n) is 3.35. The Morgan fingerprint density at radius 3 is 2.56 bits per heavy atom. The van der Waals surface area contributed by atoms with E-state index in [0.717, 1.165) is 11.1 Å². The van der Waals surface area contributed by atoms with E-state index < -0.39 is 12.0 Å². The molecule has 6 heteroatoms. The first-order chi connectivity index (χ1) is 12.1. The number of hydrogen-bond donors (Lipinski definition) is 1. The molecule has 0 aromatic heterocycles. The van der Waals surface area contributed by atoms with Crippen LogP contribution in [0.25, 0.3) is 0 Å². The number of ether oxygens (including phenoxy) is 2. The van der Waals surface area contributed by atoms with Gasteiger partial charge in [-0.15, -0.1) is 0 Å². The third-order valence-corrected chi connectivity index (χ3v) is 4.59. The number of carboxylic acid groups (broad SMARTS) is 1. The minimum Gasteiger partial charge on any atom is -0.486 e. The summed E-state index contributed by atoms with van der Waals surface area (Å²) in [7, 11) is 0. The van der Waals surface area contributed by atoms with Crippen LogP contribution in [-0.4, -0.2) is 41.1 Å². The van der Waals surface area contributed by atoms with Crippen molar-refractivity contribution in [2.24, 2.45) is 0 Å². The number of amides is 1. The zero-order valence-corrected chi connectivity index (χ0v) is 13.5. The van der Waals surface area contributed by atoms with Crippen molar-refractivity contribution in [3.63, 3.8) is 0 Å². The molecule has 2 aliphatic heterocycles. The molecule has 2 aromatic rings. The second-order valence-corrected chi connectivity index (χ2v) is 6.09. The third-order valence-electron chi connectivity index (χ3n) is 4.59. The average molecular weight is 339 g/mol. The van der Waals surface area contributed by atoms with E-state index in [-0.39, 0.29) is 12.5 Å². The highest BCUT2D eigenvalue weighted by Crippen LogP contribution is 2.35. The first-order valence-electron chi connectivity index (χ1n) is 8.14. The quantitative estimate of drug-likeness (QED) is 0.907. The van der Waals surface area contributed by atoms with E-state index in [2.05, 4.69) is 0 Å². The number of nitrogens with zero attached hydrogens (tertiary/aromatic N) is 1.